The summed E-state index contributed by atoms with van der Waals surface area (Å²) in [6.07, 6.45) is 4.83. The van der Waals surface area contributed by atoms with Crippen molar-refractivity contribution in [2.45, 2.75) is 37.5 Å². The topological polar surface area (TPSA) is 91.8 Å². The number of aliphatic carboxylic acids is 1. The highest BCUT2D eigenvalue weighted by Gasteiger charge is 2.59. The Morgan fingerprint density at radius 3 is 2.46 bits per heavy atom. The highest BCUT2D eigenvalue weighted by molar-refractivity contribution is 7.92. The van der Waals surface area contributed by atoms with E-state index in [1.165, 1.54) is 4.90 Å². The molecule has 3 rings (SSSR count). The molecule has 0 aromatic heterocycles. The molecule has 0 saturated carbocycles. The highest BCUT2D eigenvalue weighted by Crippen LogP contribution is 2.46. The standard InChI is InChI=1S/C19H23NO5S/c1-3-4-13-5-7-14(8-6-13)17(21)19(26(2,24)25)11-9-16-15(18(22)23)10-12-20(16)19/h5-9,15H,3-4,10-12H2,1-2H3,(H,22,23). The fourth-order valence-corrected chi connectivity index (χ4v) is 5.48. The molecule has 26 heavy (non-hydrogen) atoms. The lowest BCUT2D eigenvalue weighted by molar-refractivity contribution is -0.140. The minimum atomic E-state index is -3.80. The minimum Gasteiger partial charge on any atom is -0.481 e. The van der Waals surface area contributed by atoms with Gasteiger partial charge in [-0.1, -0.05) is 43.7 Å². The molecule has 140 valence electrons. The Kier molecular flexibility index (Phi) is 4.69. The number of Topliss-reactive ketones (excluding diaryl/α,β-unsaturated/α-hetero) is 1. The van der Waals surface area contributed by atoms with Gasteiger partial charge in [0.1, 0.15) is 0 Å². The second-order valence-electron chi connectivity index (χ2n) is 7.00. The summed E-state index contributed by atoms with van der Waals surface area (Å²) < 4.78 is 25.4. The van der Waals surface area contributed by atoms with Crippen molar-refractivity contribution in [3.63, 3.8) is 0 Å². The third-order valence-corrected chi connectivity index (χ3v) is 7.15. The van der Waals surface area contributed by atoms with Crippen molar-refractivity contribution >= 4 is 21.6 Å². The second kappa shape index (κ2) is 6.54. The average molecular weight is 377 g/mol. The molecule has 2 aliphatic rings. The third kappa shape index (κ3) is 2.74. The normalized spacial score (nSPS) is 25.1. The SMILES string of the molecule is CCCc1ccc(C(=O)C2(S(C)(=O)=O)CC=C3C(C(=O)O)CCN32)cc1. The van der Waals surface area contributed by atoms with Gasteiger partial charge in [-0.2, -0.15) is 0 Å². The molecule has 1 fully saturated rings. The van der Waals surface area contributed by atoms with Crippen LogP contribution in [-0.4, -0.2) is 47.8 Å². The molecular formula is C19H23NO5S. The first-order chi connectivity index (χ1) is 12.2. The number of sulfone groups is 1. The fourth-order valence-electron chi connectivity index (χ4n) is 4.04. The first-order valence-corrected chi connectivity index (χ1v) is 10.7. The van der Waals surface area contributed by atoms with Gasteiger partial charge < -0.3 is 10.0 Å². The number of nitrogens with zero attached hydrogens (tertiary/aromatic N) is 1. The van der Waals surface area contributed by atoms with Crippen molar-refractivity contribution < 1.29 is 23.1 Å². The van der Waals surface area contributed by atoms with Gasteiger partial charge in [0.25, 0.3) is 0 Å². The van der Waals surface area contributed by atoms with Crippen LogP contribution in [-0.2, 0) is 21.1 Å². The predicted molar refractivity (Wildman–Crippen MR) is 97.5 cm³/mol. The van der Waals surface area contributed by atoms with Gasteiger partial charge in [-0.15, -0.1) is 0 Å². The zero-order valence-electron chi connectivity index (χ0n) is 14.9. The second-order valence-corrected chi connectivity index (χ2v) is 9.22. The molecule has 0 spiro atoms. The lowest BCUT2D eigenvalue weighted by atomic mass is 9.99. The molecule has 1 aromatic rings. The fraction of sp³-hybridized carbons (Fsp3) is 0.474. The molecule has 6 nitrogen and oxygen atoms in total. The van der Waals surface area contributed by atoms with Crippen molar-refractivity contribution in [1.82, 2.24) is 4.90 Å². The number of carbonyl (C=O) groups excluding carboxylic acids is 1. The van der Waals surface area contributed by atoms with E-state index >= 15 is 0 Å². The maximum Gasteiger partial charge on any atom is 0.312 e. The molecule has 0 bridgehead atoms. The van der Waals surface area contributed by atoms with Crippen LogP contribution in [0, 0.1) is 5.92 Å². The van der Waals surface area contributed by atoms with E-state index in [1.54, 1.807) is 18.2 Å². The minimum absolute atomic E-state index is 0.0134. The molecular weight excluding hydrogens is 354 g/mol. The van der Waals surface area contributed by atoms with Crippen LogP contribution in [0.1, 0.15) is 42.1 Å². The molecule has 1 saturated heterocycles. The van der Waals surface area contributed by atoms with E-state index in [0.29, 0.717) is 17.7 Å². The molecule has 2 atom stereocenters. The van der Waals surface area contributed by atoms with Gasteiger partial charge >= 0.3 is 5.97 Å². The van der Waals surface area contributed by atoms with Gasteiger partial charge in [-0.3, -0.25) is 9.59 Å². The number of ketones is 1. The van der Waals surface area contributed by atoms with Crippen LogP contribution in [0.2, 0.25) is 0 Å². The maximum atomic E-state index is 13.3. The van der Waals surface area contributed by atoms with E-state index in [9.17, 15) is 23.1 Å². The molecule has 2 heterocycles. The quantitative estimate of drug-likeness (QED) is 0.765. The Morgan fingerprint density at radius 1 is 1.27 bits per heavy atom. The first-order valence-electron chi connectivity index (χ1n) is 8.76. The van der Waals surface area contributed by atoms with Gasteiger partial charge in [-0.25, -0.2) is 8.42 Å². The Labute approximate surface area is 153 Å². The number of carboxylic acid groups (broad SMARTS) is 1. The van der Waals surface area contributed by atoms with Crippen molar-refractivity contribution in [2.75, 3.05) is 12.8 Å². The van der Waals surface area contributed by atoms with Crippen LogP contribution < -0.4 is 0 Å². The van der Waals surface area contributed by atoms with E-state index in [1.807, 2.05) is 12.1 Å². The Hall–Kier alpha value is -2.15. The summed E-state index contributed by atoms with van der Waals surface area (Å²) in [5.74, 6) is -2.22. The van der Waals surface area contributed by atoms with Crippen LogP contribution in [0.15, 0.2) is 36.0 Å². The summed E-state index contributed by atoms with van der Waals surface area (Å²) in [6.45, 7) is 2.31. The summed E-state index contributed by atoms with van der Waals surface area (Å²) in [5, 5.41) is 9.37. The average Bonchev–Trinajstić information content (AvgIpc) is 3.14. The Bertz CT molecular complexity index is 872. The number of hydrogen-bond donors (Lipinski definition) is 1. The molecule has 1 N–H and O–H groups in total. The van der Waals surface area contributed by atoms with E-state index in [-0.39, 0.29) is 13.0 Å². The molecule has 0 amide bonds. The van der Waals surface area contributed by atoms with Gasteiger partial charge in [0.15, 0.2) is 9.84 Å². The van der Waals surface area contributed by atoms with Gasteiger partial charge in [-0.05, 0) is 18.4 Å². The third-order valence-electron chi connectivity index (χ3n) is 5.36. The molecule has 0 aliphatic carbocycles. The number of hydrogen-bond acceptors (Lipinski definition) is 5. The number of rotatable bonds is 6. The highest BCUT2D eigenvalue weighted by atomic mass is 32.2. The maximum absolute atomic E-state index is 13.3. The summed E-state index contributed by atoms with van der Waals surface area (Å²) in [7, 11) is -3.80. The van der Waals surface area contributed by atoms with Crippen molar-refractivity contribution in [2.24, 2.45) is 5.92 Å². The monoisotopic (exact) mass is 377 g/mol. The van der Waals surface area contributed by atoms with E-state index in [4.69, 9.17) is 0 Å². The zero-order chi connectivity index (χ0) is 19.1. The van der Waals surface area contributed by atoms with Crippen molar-refractivity contribution in [3.8, 4) is 0 Å². The smallest absolute Gasteiger partial charge is 0.312 e. The van der Waals surface area contributed by atoms with E-state index in [0.717, 1.165) is 24.7 Å². The van der Waals surface area contributed by atoms with Gasteiger partial charge in [0.05, 0.1) is 5.92 Å². The van der Waals surface area contributed by atoms with E-state index in [2.05, 4.69) is 6.92 Å². The van der Waals surface area contributed by atoms with Crippen molar-refractivity contribution in [3.05, 3.63) is 47.2 Å². The first kappa shape index (κ1) is 18.6. The van der Waals surface area contributed by atoms with Crippen LogP contribution in [0.5, 0.6) is 0 Å². The van der Waals surface area contributed by atoms with E-state index < -0.39 is 32.4 Å². The predicted octanol–water partition coefficient (Wildman–Crippen LogP) is 2.26. The summed E-state index contributed by atoms with van der Waals surface area (Å²) in [4.78, 5) is 24.5. The largest absolute Gasteiger partial charge is 0.481 e. The van der Waals surface area contributed by atoms with Gasteiger partial charge in [0, 0.05) is 30.5 Å². The molecule has 2 aliphatic heterocycles. The van der Waals surface area contributed by atoms with Crippen molar-refractivity contribution in [1.29, 1.82) is 0 Å². The molecule has 1 aromatic carbocycles. The number of benzene rings is 1. The number of carboxylic acids is 1. The lowest BCUT2D eigenvalue weighted by Crippen LogP contribution is -2.55. The number of carbonyl (C=O) groups is 2. The zero-order valence-corrected chi connectivity index (χ0v) is 15.8. The summed E-state index contributed by atoms with van der Waals surface area (Å²) >= 11 is 0. The van der Waals surface area contributed by atoms with Crippen LogP contribution in [0.25, 0.3) is 0 Å². The van der Waals surface area contributed by atoms with Crippen LogP contribution >= 0.6 is 0 Å². The Morgan fingerprint density at radius 2 is 1.92 bits per heavy atom. The molecule has 2 unspecified atom stereocenters. The molecule has 0 radical (unpaired) electrons. The summed E-state index contributed by atoms with van der Waals surface area (Å²) in [6, 6.07) is 7.03. The summed E-state index contributed by atoms with van der Waals surface area (Å²) in [5.41, 5.74) is 1.87. The Balaban J connectivity index is 2.01. The van der Waals surface area contributed by atoms with Gasteiger partial charge in [0.2, 0.25) is 10.7 Å². The number of fused-ring (bicyclic) bond motifs is 1. The van der Waals surface area contributed by atoms with Crippen LogP contribution in [0.3, 0.4) is 0 Å². The number of aryl methyl sites for hydroxylation is 1. The lowest BCUT2D eigenvalue weighted by Gasteiger charge is -2.36. The van der Waals surface area contributed by atoms with Crippen LogP contribution in [0.4, 0.5) is 0 Å². The molecule has 7 heteroatoms.